The monoisotopic (exact) mass is 276 g/mol. The number of hydrogen-bond acceptors (Lipinski definition) is 4. The Labute approximate surface area is 121 Å². The average Bonchev–Trinajstić information content (AvgIpc) is 2.45. The average molecular weight is 276 g/mol. The molecule has 1 fully saturated rings. The Balaban J connectivity index is 2.10. The zero-order valence-corrected chi connectivity index (χ0v) is 12.7. The van der Waals surface area contributed by atoms with Crippen molar-refractivity contribution < 1.29 is 9.53 Å². The Morgan fingerprint density at radius 3 is 2.30 bits per heavy atom. The highest BCUT2D eigenvalue weighted by atomic mass is 16.5. The van der Waals surface area contributed by atoms with Gasteiger partial charge in [-0.2, -0.15) is 0 Å². The fraction of sp³-hybridized carbons (Fsp3) is 0.562. The maximum Gasteiger partial charge on any atom is 0.179 e. The number of nitrogens with zero attached hydrogens (tertiary/aromatic N) is 1. The predicted octanol–water partition coefficient (Wildman–Crippen LogP) is 2.09. The molecule has 20 heavy (non-hydrogen) atoms. The number of ketones is 1. The number of ether oxygens (including phenoxy) is 1. The lowest BCUT2D eigenvalue weighted by atomic mass is 10.0. The first kappa shape index (κ1) is 15.0. The Kier molecular flexibility index (Phi) is 4.78. The standard InChI is InChI=1S/C16H24N2O2/c1-11-9-18(10-12(2)20-11)15-7-5-14(6-8-15)16(19)13(3)17-4/h5-8,11-13,17H,9-10H2,1-4H3. The molecular weight excluding hydrogens is 252 g/mol. The molecule has 1 saturated heterocycles. The number of nitrogens with one attached hydrogen (secondary N) is 1. The highest BCUT2D eigenvalue weighted by molar-refractivity contribution is 6.00. The number of anilines is 1. The molecule has 0 aromatic heterocycles. The minimum absolute atomic E-state index is 0.128. The molecule has 0 aliphatic carbocycles. The zero-order chi connectivity index (χ0) is 14.7. The number of rotatable bonds is 4. The van der Waals surface area contributed by atoms with Crippen LogP contribution in [0.4, 0.5) is 5.69 Å². The molecule has 1 aromatic carbocycles. The summed E-state index contributed by atoms with van der Waals surface area (Å²) in [6.45, 7) is 7.85. The van der Waals surface area contributed by atoms with E-state index in [0.717, 1.165) is 24.3 Å². The highest BCUT2D eigenvalue weighted by Crippen LogP contribution is 2.21. The van der Waals surface area contributed by atoms with Gasteiger partial charge in [-0.25, -0.2) is 0 Å². The summed E-state index contributed by atoms with van der Waals surface area (Å²) in [4.78, 5) is 14.4. The van der Waals surface area contributed by atoms with Gasteiger partial charge >= 0.3 is 0 Å². The topological polar surface area (TPSA) is 41.6 Å². The van der Waals surface area contributed by atoms with Crippen LogP contribution >= 0.6 is 0 Å². The predicted molar refractivity (Wildman–Crippen MR) is 81.5 cm³/mol. The summed E-state index contributed by atoms with van der Waals surface area (Å²) in [5.41, 5.74) is 1.91. The van der Waals surface area contributed by atoms with Crippen LogP contribution in [-0.4, -0.2) is 44.2 Å². The maximum absolute atomic E-state index is 12.1. The van der Waals surface area contributed by atoms with Crippen molar-refractivity contribution in [2.24, 2.45) is 0 Å². The number of morpholine rings is 1. The SMILES string of the molecule is CNC(C)C(=O)c1ccc(N2CC(C)OC(C)C2)cc1. The summed E-state index contributed by atoms with van der Waals surface area (Å²) in [5, 5.41) is 2.98. The van der Waals surface area contributed by atoms with Crippen LogP contribution in [0.5, 0.6) is 0 Å². The minimum atomic E-state index is -0.149. The van der Waals surface area contributed by atoms with Crippen LogP contribution in [0.25, 0.3) is 0 Å². The molecule has 0 bridgehead atoms. The van der Waals surface area contributed by atoms with Crippen molar-refractivity contribution in [1.29, 1.82) is 0 Å². The lowest BCUT2D eigenvalue weighted by molar-refractivity contribution is -0.00522. The van der Waals surface area contributed by atoms with E-state index in [4.69, 9.17) is 4.74 Å². The van der Waals surface area contributed by atoms with Crippen LogP contribution in [0.1, 0.15) is 31.1 Å². The molecule has 1 aliphatic heterocycles. The number of benzene rings is 1. The quantitative estimate of drug-likeness (QED) is 0.855. The van der Waals surface area contributed by atoms with Crippen LogP contribution in [0.2, 0.25) is 0 Å². The summed E-state index contributed by atoms with van der Waals surface area (Å²) >= 11 is 0. The van der Waals surface area contributed by atoms with Gasteiger partial charge < -0.3 is 15.0 Å². The normalized spacial score (nSPS) is 24.5. The third kappa shape index (κ3) is 3.38. The molecule has 0 saturated carbocycles. The molecule has 1 N–H and O–H groups in total. The van der Waals surface area contributed by atoms with Gasteiger partial charge in [0.2, 0.25) is 0 Å². The van der Waals surface area contributed by atoms with Crippen LogP contribution in [-0.2, 0) is 4.74 Å². The van der Waals surface area contributed by atoms with Crippen LogP contribution in [0.15, 0.2) is 24.3 Å². The molecule has 0 radical (unpaired) electrons. The lowest BCUT2D eigenvalue weighted by Gasteiger charge is -2.36. The number of hydrogen-bond donors (Lipinski definition) is 1. The second-order valence-corrected chi connectivity index (χ2v) is 5.58. The molecular formula is C16H24N2O2. The summed E-state index contributed by atoms with van der Waals surface area (Å²) in [6.07, 6.45) is 0.480. The Morgan fingerprint density at radius 1 is 1.25 bits per heavy atom. The first-order chi connectivity index (χ1) is 9.51. The van der Waals surface area contributed by atoms with Crippen LogP contribution in [0.3, 0.4) is 0 Å². The summed E-state index contributed by atoms with van der Waals surface area (Å²) in [6, 6.07) is 7.73. The molecule has 1 heterocycles. The van der Waals surface area contributed by atoms with Gasteiger partial charge in [-0.05, 0) is 52.1 Å². The Morgan fingerprint density at radius 2 is 1.80 bits per heavy atom. The lowest BCUT2D eigenvalue weighted by Crippen LogP contribution is -2.45. The zero-order valence-electron chi connectivity index (χ0n) is 12.7. The van der Waals surface area contributed by atoms with Crippen molar-refractivity contribution in [1.82, 2.24) is 5.32 Å². The fourth-order valence-corrected chi connectivity index (χ4v) is 2.61. The molecule has 1 aliphatic rings. The van der Waals surface area contributed by atoms with E-state index >= 15 is 0 Å². The molecule has 110 valence electrons. The molecule has 1 aromatic rings. The first-order valence-electron chi connectivity index (χ1n) is 7.23. The van der Waals surface area contributed by atoms with Gasteiger partial charge in [0.1, 0.15) is 0 Å². The van der Waals surface area contributed by atoms with E-state index in [2.05, 4.69) is 24.1 Å². The van der Waals surface area contributed by atoms with Crippen molar-refractivity contribution in [2.45, 2.75) is 39.0 Å². The highest BCUT2D eigenvalue weighted by Gasteiger charge is 2.22. The largest absolute Gasteiger partial charge is 0.372 e. The van der Waals surface area contributed by atoms with Crippen LogP contribution in [0, 0.1) is 0 Å². The Hall–Kier alpha value is -1.39. The number of carbonyl (C=O) groups excluding carboxylic acids is 1. The van der Waals surface area contributed by atoms with Gasteiger partial charge in [0.05, 0.1) is 18.2 Å². The minimum Gasteiger partial charge on any atom is -0.372 e. The van der Waals surface area contributed by atoms with E-state index < -0.39 is 0 Å². The Bertz CT molecular complexity index is 448. The van der Waals surface area contributed by atoms with Crippen molar-refractivity contribution >= 4 is 11.5 Å². The molecule has 4 heteroatoms. The van der Waals surface area contributed by atoms with Crippen LogP contribution < -0.4 is 10.2 Å². The van der Waals surface area contributed by atoms with Crippen molar-refractivity contribution in [3.05, 3.63) is 29.8 Å². The van der Waals surface area contributed by atoms with E-state index in [1.165, 1.54) is 0 Å². The smallest absolute Gasteiger partial charge is 0.179 e. The second kappa shape index (κ2) is 6.37. The van der Waals surface area contributed by atoms with Gasteiger partial charge in [0, 0.05) is 24.3 Å². The molecule has 0 spiro atoms. The summed E-state index contributed by atoms with van der Waals surface area (Å²) < 4.78 is 5.74. The van der Waals surface area contributed by atoms with E-state index in [9.17, 15) is 4.79 Å². The molecule has 2 rings (SSSR count). The maximum atomic E-state index is 12.1. The van der Waals surface area contributed by atoms with Crippen molar-refractivity contribution in [2.75, 3.05) is 25.0 Å². The number of carbonyl (C=O) groups is 1. The van der Waals surface area contributed by atoms with Crippen molar-refractivity contribution in [3.63, 3.8) is 0 Å². The van der Waals surface area contributed by atoms with E-state index in [1.807, 2.05) is 31.2 Å². The summed E-state index contributed by atoms with van der Waals surface area (Å²) in [7, 11) is 1.80. The third-order valence-corrected chi connectivity index (χ3v) is 3.76. The molecule has 0 amide bonds. The van der Waals surface area contributed by atoms with Gasteiger partial charge in [-0.3, -0.25) is 4.79 Å². The number of Topliss-reactive ketones (excluding diaryl/α,β-unsaturated/α-hetero) is 1. The van der Waals surface area contributed by atoms with Gasteiger partial charge in [-0.15, -0.1) is 0 Å². The second-order valence-electron chi connectivity index (χ2n) is 5.58. The third-order valence-electron chi connectivity index (χ3n) is 3.76. The number of likely N-dealkylation sites (N-methyl/N-ethyl adjacent to an activating group) is 1. The molecule has 3 atom stereocenters. The van der Waals surface area contributed by atoms with E-state index in [1.54, 1.807) is 7.05 Å². The van der Waals surface area contributed by atoms with Gasteiger partial charge in [0.25, 0.3) is 0 Å². The molecule has 4 nitrogen and oxygen atoms in total. The van der Waals surface area contributed by atoms with Crippen molar-refractivity contribution in [3.8, 4) is 0 Å². The fourth-order valence-electron chi connectivity index (χ4n) is 2.61. The van der Waals surface area contributed by atoms with E-state index in [-0.39, 0.29) is 24.0 Å². The molecule has 3 unspecified atom stereocenters. The van der Waals surface area contributed by atoms with Gasteiger partial charge in [-0.1, -0.05) is 0 Å². The van der Waals surface area contributed by atoms with E-state index in [0.29, 0.717) is 0 Å². The summed E-state index contributed by atoms with van der Waals surface area (Å²) in [5.74, 6) is 0.128. The first-order valence-corrected chi connectivity index (χ1v) is 7.23. The van der Waals surface area contributed by atoms with Gasteiger partial charge in [0.15, 0.2) is 5.78 Å².